The molecule has 1 N–H and O–H groups in total. The molecule has 2 aliphatic heterocycles. The molecule has 168 valence electrons. The Morgan fingerprint density at radius 2 is 1.81 bits per heavy atom. The summed E-state index contributed by atoms with van der Waals surface area (Å²) in [4.78, 5) is 13.7. The van der Waals surface area contributed by atoms with E-state index in [9.17, 15) is 13.2 Å². The number of ether oxygens (including phenoxy) is 1. The zero-order valence-electron chi connectivity index (χ0n) is 18.8. The highest BCUT2D eigenvalue weighted by molar-refractivity contribution is 7.91. The molecule has 0 radical (unpaired) electrons. The lowest BCUT2D eigenvalue weighted by Crippen LogP contribution is -2.32. The summed E-state index contributed by atoms with van der Waals surface area (Å²) >= 11 is 0. The number of sulfone groups is 1. The average Bonchev–Trinajstić information content (AvgIpc) is 3.25. The lowest BCUT2D eigenvalue weighted by Gasteiger charge is -2.24. The lowest BCUT2D eigenvalue weighted by molar-refractivity contribution is 0.00675. The molecule has 1 fully saturated rings. The van der Waals surface area contributed by atoms with Crippen LogP contribution in [-0.4, -0.2) is 30.6 Å². The number of nitrogens with zero attached hydrogens (tertiary/aromatic N) is 1. The van der Waals surface area contributed by atoms with Gasteiger partial charge in [0, 0.05) is 42.1 Å². The Labute approximate surface area is 188 Å². The van der Waals surface area contributed by atoms with Crippen LogP contribution in [0.4, 0.5) is 0 Å². The number of carbonyl (C=O) groups is 1. The third kappa shape index (κ3) is 3.26. The van der Waals surface area contributed by atoms with Crippen molar-refractivity contribution in [3.63, 3.8) is 0 Å². The minimum Gasteiger partial charge on any atom is -0.456 e. The number of hydrogen-bond donors (Lipinski definition) is 1. The van der Waals surface area contributed by atoms with Gasteiger partial charge in [-0.05, 0) is 63.4 Å². The molecule has 0 amide bonds. The van der Waals surface area contributed by atoms with E-state index < -0.39 is 21.4 Å². The van der Waals surface area contributed by atoms with Crippen LogP contribution in [0, 0.1) is 0 Å². The minimum atomic E-state index is -3.92. The van der Waals surface area contributed by atoms with E-state index in [0.29, 0.717) is 11.4 Å². The molecule has 0 saturated carbocycles. The molecule has 2 unspecified atom stereocenters. The van der Waals surface area contributed by atoms with Gasteiger partial charge in [-0.2, -0.15) is 0 Å². The maximum Gasteiger partial charge on any atom is 0.340 e. The van der Waals surface area contributed by atoms with Crippen LogP contribution in [0.5, 0.6) is 0 Å². The molecule has 1 aromatic heterocycles. The molecule has 6 nitrogen and oxygen atoms in total. The molecule has 32 heavy (non-hydrogen) atoms. The zero-order chi connectivity index (χ0) is 22.8. The Kier molecular flexibility index (Phi) is 4.76. The van der Waals surface area contributed by atoms with E-state index in [2.05, 4.69) is 9.88 Å². The van der Waals surface area contributed by atoms with Crippen molar-refractivity contribution in [3.05, 3.63) is 59.3 Å². The second-order valence-corrected chi connectivity index (χ2v) is 11.7. The maximum absolute atomic E-state index is 13.7. The topological polar surface area (TPSA) is 77.4 Å². The highest BCUT2D eigenvalue weighted by atomic mass is 32.2. The quantitative estimate of drug-likeness (QED) is 0.599. The standard InChI is InChI=1S/C25H28N2O4S/c1-25(2,3)31-24(28)23-20(32(29,30)16-8-6-5-7-9-16)13-12-18-22(23)21-17-11-10-15(26-17)14-19(21)27(18)4/h5-9,12-13,15,17,26H,10-11,14H2,1-4H3. The molecule has 0 aliphatic carbocycles. The first-order chi connectivity index (χ1) is 15.1. The molecule has 2 aromatic carbocycles. The monoisotopic (exact) mass is 452 g/mol. The van der Waals surface area contributed by atoms with E-state index in [1.807, 2.05) is 13.1 Å². The van der Waals surface area contributed by atoms with Crippen LogP contribution >= 0.6 is 0 Å². The Morgan fingerprint density at radius 1 is 1.09 bits per heavy atom. The number of rotatable bonds is 3. The van der Waals surface area contributed by atoms with E-state index in [-0.39, 0.29) is 21.4 Å². The third-order valence-electron chi connectivity index (χ3n) is 6.47. The van der Waals surface area contributed by atoms with Crippen molar-refractivity contribution in [2.75, 3.05) is 0 Å². The van der Waals surface area contributed by atoms with Crippen LogP contribution in [0.1, 0.15) is 61.3 Å². The van der Waals surface area contributed by atoms with Gasteiger partial charge in [-0.25, -0.2) is 13.2 Å². The summed E-state index contributed by atoms with van der Waals surface area (Å²) < 4.78 is 35.2. The molecule has 7 heteroatoms. The van der Waals surface area contributed by atoms with E-state index in [4.69, 9.17) is 4.74 Å². The average molecular weight is 453 g/mol. The Bertz CT molecular complexity index is 1330. The minimum absolute atomic E-state index is 0.000953. The molecule has 0 spiro atoms. The summed E-state index contributed by atoms with van der Waals surface area (Å²) in [5.74, 6) is -0.605. The second-order valence-electron chi connectivity index (χ2n) is 9.77. The first kappa shape index (κ1) is 21.2. The van der Waals surface area contributed by atoms with Crippen molar-refractivity contribution >= 4 is 26.7 Å². The molecule has 2 atom stereocenters. The van der Waals surface area contributed by atoms with Crippen molar-refractivity contribution in [1.29, 1.82) is 0 Å². The fraction of sp³-hybridized carbons (Fsp3) is 0.400. The highest BCUT2D eigenvalue weighted by Crippen LogP contribution is 2.44. The van der Waals surface area contributed by atoms with Crippen molar-refractivity contribution in [3.8, 4) is 0 Å². The van der Waals surface area contributed by atoms with Crippen LogP contribution in [0.2, 0.25) is 0 Å². The summed E-state index contributed by atoms with van der Waals surface area (Å²) in [6.45, 7) is 5.37. The van der Waals surface area contributed by atoms with Crippen molar-refractivity contribution in [2.24, 2.45) is 7.05 Å². The van der Waals surface area contributed by atoms with Gasteiger partial charge in [0.15, 0.2) is 0 Å². The predicted octanol–water partition coefficient (Wildman–Crippen LogP) is 4.32. The lowest BCUT2D eigenvalue weighted by atomic mass is 9.96. The van der Waals surface area contributed by atoms with Gasteiger partial charge in [0.25, 0.3) is 0 Å². The number of fused-ring (bicyclic) bond motifs is 6. The van der Waals surface area contributed by atoms with Crippen LogP contribution in [0.25, 0.3) is 10.9 Å². The van der Waals surface area contributed by atoms with Gasteiger partial charge in [-0.1, -0.05) is 18.2 Å². The predicted molar refractivity (Wildman–Crippen MR) is 123 cm³/mol. The number of aryl methyl sites for hydroxylation is 1. The smallest absolute Gasteiger partial charge is 0.340 e. The second kappa shape index (κ2) is 7.18. The molecule has 3 heterocycles. The number of nitrogens with one attached hydrogen (secondary N) is 1. The summed E-state index contributed by atoms with van der Waals surface area (Å²) in [6.07, 6.45) is 2.91. The molecular formula is C25H28N2O4S. The number of aromatic nitrogens is 1. The number of benzene rings is 2. The Morgan fingerprint density at radius 3 is 2.50 bits per heavy atom. The van der Waals surface area contributed by atoms with Gasteiger partial charge in [0.1, 0.15) is 5.60 Å². The summed E-state index contributed by atoms with van der Waals surface area (Å²) in [5.41, 5.74) is 2.47. The normalized spacial score (nSPS) is 20.4. The van der Waals surface area contributed by atoms with Crippen LogP contribution in [0.3, 0.4) is 0 Å². The van der Waals surface area contributed by atoms with E-state index >= 15 is 0 Å². The summed E-state index contributed by atoms with van der Waals surface area (Å²) in [6, 6.07) is 12.2. The summed E-state index contributed by atoms with van der Waals surface area (Å²) in [5, 5.41) is 4.34. The van der Waals surface area contributed by atoms with Gasteiger partial charge in [0.05, 0.1) is 15.4 Å². The largest absolute Gasteiger partial charge is 0.456 e. The molecular weight excluding hydrogens is 424 g/mol. The highest BCUT2D eigenvalue weighted by Gasteiger charge is 2.39. The summed E-state index contributed by atoms with van der Waals surface area (Å²) in [7, 11) is -1.93. The molecule has 5 rings (SSSR count). The number of hydrogen-bond acceptors (Lipinski definition) is 5. The fourth-order valence-corrected chi connectivity index (χ4v) is 6.61. The van der Waals surface area contributed by atoms with E-state index in [0.717, 1.165) is 30.3 Å². The van der Waals surface area contributed by atoms with Crippen LogP contribution < -0.4 is 5.32 Å². The number of esters is 1. The number of carbonyl (C=O) groups excluding carboxylic acids is 1. The molecule has 2 aliphatic rings. The van der Waals surface area contributed by atoms with Crippen LogP contribution in [0.15, 0.2) is 52.3 Å². The van der Waals surface area contributed by atoms with Crippen LogP contribution in [-0.2, 0) is 28.0 Å². The maximum atomic E-state index is 13.7. The fourth-order valence-electron chi connectivity index (χ4n) is 5.14. The van der Waals surface area contributed by atoms with Gasteiger partial charge < -0.3 is 14.6 Å². The SMILES string of the molecule is Cn1c2c(c3c(C(=O)OC(C)(C)C)c(S(=O)(=O)c4ccccc4)ccc31)C1CCC(C2)N1. The molecule has 3 aromatic rings. The molecule has 1 saturated heterocycles. The van der Waals surface area contributed by atoms with Crippen molar-refractivity contribution < 1.29 is 17.9 Å². The van der Waals surface area contributed by atoms with Gasteiger partial charge >= 0.3 is 5.97 Å². The third-order valence-corrected chi connectivity index (χ3v) is 8.28. The first-order valence-corrected chi connectivity index (χ1v) is 12.5. The van der Waals surface area contributed by atoms with E-state index in [1.54, 1.807) is 57.2 Å². The molecule has 2 bridgehead atoms. The van der Waals surface area contributed by atoms with Crippen molar-refractivity contribution in [2.45, 2.75) is 67.5 Å². The first-order valence-electron chi connectivity index (χ1n) is 11.0. The van der Waals surface area contributed by atoms with Crippen molar-refractivity contribution in [1.82, 2.24) is 9.88 Å². The zero-order valence-corrected chi connectivity index (χ0v) is 19.6. The van der Waals surface area contributed by atoms with E-state index in [1.165, 1.54) is 5.69 Å². The van der Waals surface area contributed by atoms with Gasteiger partial charge in [-0.15, -0.1) is 0 Å². The van der Waals surface area contributed by atoms with Gasteiger partial charge in [0.2, 0.25) is 9.84 Å². The Balaban J connectivity index is 1.84. The Hall–Kier alpha value is -2.64. The van der Waals surface area contributed by atoms with Gasteiger partial charge in [-0.3, -0.25) is 0 Å².